The maximum atomic E-state index is 12.8. The van der Waals surface area contributed by atoms with Gasteiger partial charge in [0.2, 0.25) is 5.91 Å². The highest BCUT2D eigenvalue weighted by atomic mass is 32.2. The molecule has 21 heavy (non-hydrogen) atoms. The van der Waals surface area contributed by atoms with Crippen LogP contribution >= 0.6 is 11.8 Å². The van der Waals surface area contributed by atoms with Crippen molar-refractivity contribution in [1.29, 1.82) is 0 Å². The van der Waals surface area contributed by atoms with Gasteiger partial charge >= 0.3 is 0 Å². The Morgan fingerprint density at radius 3 is 2.71 bits per heavy atom. The predicted octanol–water partition coefficient (Wildman–Crippen LogP) is 2.27. The number of amides is 1. The maximum absolute atomic E-state index is 12.8. The molecule has 0 fully saturated rings. The van der Waals surface area contributed by atoms with Gasteiger partial charge in [0.15, 0.2) is 11.0 Å². The van der Waals surface area contributed by atoms with Gasteiger partial charge < -0.3 is 9.88 Å². The van der Waals surface area contributed by atoms with Gasteiger partial charge in [-0.15, -0.1) is 10.2 Å². The van der Waals surface area contributed by atoms with Gasteiger partial charge in [-0.2, -0.15) is 0 Å². The Morgan fingerprint density at radius 1 is 1.33 bits per heavy atom. The summed E-state index contributed by atoms with van der Waals surface area (Å²) >= 11 is 1.52. The molecular weight excluding hydrogens is 291 g/mol. The first-order valence-electron chi connectivity index (χ1n) is 6.62. The lowest BCUT2D eigenvalue weighted by Crippen LogP contribution is -2.23. The molecule has 0 aliphatic rings. The van der Waals surface area contributed by atoms with E-state index in [2.05, 4.69) is 15.5 Å². The fourth-order valence-electron chi connectivity index (χ4n) is 1.66. The number of benzene rings is 1. The Labute approximate surface area is 127 Å². The minimum atomic E-state index is -0.239. The number of nitrogens with zero attached hydrogens (tertiary/aromatic N) is 3. The van der Waals surface area contributed by atoms with Crippen LogP contribution in [0.5, 0.6) is 0 Å². The monoisotopic (exact) mass is 308 g/mol. The average Bonchev–Trinajstić information content (AvgIpc) is 2.85. The van der Waals surface area contributed by atoms with Crippen molar-refractivity contribution in [3.63, 3.8) is 0 Å². The molecular formula is C14H17FN4OS. The zero-order valence-corrected chi connectivity index (χ0v) is 12.8. The number of halogens is 1. The number of thioether (sulfide) groups is 1. The molecule has 0 radical (unpaired) electrons. The van der Waals surface area contributed by atoms with Crippen molar-refractivity contribution in [2.45, 2.75) is 30.8 Å². The van der Waals surface area contributed by atoms with Crippen LogP contribution < -0.4 is 5.32 Å². The fourth-order valence-corrected chi connectivity index (χ4v) is 2.54. The standard InChI is InChI=1S/C14H17FN4OS/c1-3-13(20)16-8-12-17-18-14(19(12)2)21-9-10-4-6-11(15)7-5-10/h4-7H,3,8-9H2,1-2H3,(H,16,20). The molecule has 112 valence electrons. The first-order chi connectivity index (χ1) is 10.1. The molecule has 1 heterocycles. The third-order valence-electron chi connectivity index (χ3n) is 2.97. The molecule has 5 nitrogen and oxygen atoms in total. The molecule has 0 saturated carbocycles. The molecule has 1 aromatic carbocycles. The first kappa shape index (κ1) is 15.5. The Morgan fingerprint density at radius 2 is 2.05 bits per heavy atom. The quantitative estimate of drug-likeness (QED) is 0.832. The highest BCUT2D eigenvalue weighted by Gasteiger charge is 2.10. The van der Waals surface area contributed by atoms with Crippen molar-refractivity contribution in [2.75, 3.05) is 0 Å². The maximum Gasteiger partial charge on any atom is 0.220 e. The van der Waals surface area contributed by atoms with Gasteiger partial charge in [-0.3, -0.25) is 4.79 Å². The second-order valence-corrected chi connectivity index (χ2v) is 5.45. The zero-order valence-electron chi connectivity index (χ0n) is 12.0. The normalized spacial score (nSPS) is 10.6. The van der Waals surface area contributed by atoms with Crippen molar-refractivity contribution in [1.82, 2.24) is 20.1 Å². The summed E-state index contributed by atoms with van der Waals surface area (Å²) in [5.74, 6) is 1.14. The van der Waals surface area contributed by atoms with Crippen molar-refractivity contribution in [3.8, 4) is 0 Å². The van der Waals surface area contributed by atoms with Crippen LogP contribution in [-0.2, 0) is 24.1 Å². The molecule has 2 rings (SSSR count). The number of hydrogen-bond donors (Lipinski definition) is 1. The third kappa shape index (κ3) is 4.29. The van der Waals surface area contributed by atoms with E-state index >= 15 is 0 Å². The number of nitrogens with one attached hydrogen (secondary N) is 1. The van der Waals surface area contributed by atoms with Gasteiger partial charge in [-0.1, -0.05) is 30.8 Å². The van der Waals surface area contributed by atoms with Crippen LogP contribution in [0.2, 0.25) is 0 Å². The summed E-state index contributed by atoms with van der Waals surface area (Å²) in [5, 5.41) is 11.7. The molecule has 0 aliphatic carbocycles. The Balaban J connectivity index is 1.93. The lowest BCUT2D eigenvalue weighted by molar-refractivity contribution is -0.120. The SMILES string of the molecule is CCC(=O)NCc1nnc(SCc2ccc(F)cc2)n1C. The van der Waals surface area contributed by atoms with Crippen LogP contribution in [0.4, 0.5) is 4.39 Å². The summed E-state index contributed by atoms with van der Waals surface area (Å²) in [4.78, 5) is 11.2. The summed E-state index contributed by atoms with van der Waals surface area (Å²) in [6.07, 6.45) is 0.448. The second-order valence-electron chi connectivity index (χ2n) is 4.50. The van der Waals surface area contributed by atoms with Gasteiger partial charge in [-0.25, -0.2) is 4.39 Å². The van der Waals surface area contributed by atoms with E-state index in [4.69, 9.17) is 0 Å². The van der Waals surface area contributed by atoms with Crippen LogP contribution in [0.3, 0.4) is 0 Å². The Bertz CT molecular complexity index is 612. The van der Waals surface area contributed by atoms with Crippen molar-refractivity contribution in [3.05, 3.63) is 41.5 Å². The Kier molecular flexibility index (Phi) is 5.32. The Hall–Kier alpha value is -1.89. The van der Waals surface area contributed by atoms with E-state index in [1.807, 2.05) is 11.6 Å². The fraction of sp³-hybridized carbons (Fsp3) is 0.357. The lowest BCUT2D eigenvalue weighted by Gasteiger charge is -2.05. The van der Waals surface area contributed by atoms with E-state index in [-0.39, 0.29) is 11.7 Å². The third-order valence-corrected chi connectivity index (χ3v) is 4.06. The first-order valence-corrected chi connectivity index (χ1v) is 7.61. The largest absolute Gasteiger partial charge is 0.349 e. The number of hydrogen-bond acceptors (Lipinski definition) is 4. The van der Waals surface area contributed by atoms with E-state index in [9.17, 15) is 9.18 Å². The van der Waals surface area contributed by atoms with E-state index in [1.165, 1.54) is 23.9 Å². The highest BCUT2D eigenvalue weighted by molar-refractivity contribution is 7.98. The summed E-state index contributed by atoms with van der Waals surface area (Å²) in [6.45, 7) is 2.17. The van der Waals surface area contributed by atoms with Crippen molar-refractivity contribution >= 4 is 17.7 Å². The molecule has 0 saturated heterocycles. The predicted molar refractivity (Wildman–Crippen MR) is 79.1 cm³/mol. The molecule has 7 heteroatoms. The molecule has 0 spiro atoms. The van der Waals surface area contributed by atoms with Crippen LogP contribution in [0, 0.1) is 5.82 Å². The van der Waals surface area contributed by atoms with Crippen LogP contribution in [0.15, 0.2) is 29.4 Å². The van der Waals surface area contributed by atoms with Crippen molar-refractivity contribution in [2.24, 2.45) is 7.05 Å². The van der Waals surface area contributed by atoms with E-state index in [0.29, 0.717) is 24.5 Å². The molecule has 0 unspecified atom stereocenters. The van der Waals surface area contributed by atoms with E-state index in [1.54, 1.807) is 19.1 Å². The van der Waals surface area contributed by atoms with Gasteiger partial charge in [0, 0.05) is 19.2 Å². The van der Waals surface area contributed by atoms with Gasteiger partial charge in [0.05, 0.1) is 6.54 Å². The summed E-state index contributed by atoms with van der Waals surface area (Å²) in [7, 11) is 1.86. The number of aromatic nitrogens is 3. The smallest absolute Gasteiger partial charge is 0.220 e. The second kappa shape index (κ2) is 7.21. The van der Waals surface area contributed by atoms with Gasteiger partial charge in [0.1, 0.15) is 5.82 Å². The van der Waals surface area contributed by atoms with Crippen LogP contribution in [0.25, 0.3) is 0 Å². The van der Waals surface area contributed by atoms with Crippen molar-refractivity contribution < 1.29 is 9.18 Å². The molecule has 2 aromatic rings. The van der Waals surface area contributed by atoms with Crippen LogP contribution in [-0.4, -0.2) is 20.7 Å². The summed E-state index contributed by atoms with van der Waals surface area (Å²) < 4.78 is 14.7. The number of carbonyl (C=O) groups is 1. The van der Waals surface area contributed by atoms with Gasteiger partial charge in [0.25, 0.3) is 0 Å². The van der Waals surface area contributed by atoms with Crippen LogP contribution in [0.1, 0.15) is 24.7 Å². The zero-order chi connectivity index (χ0) is 15.2. The van der Waals surface area contributed by atoms with E-state index in [0.717, 1.165) is 10.7 Å². The molecule has 1 aromatic heterocycles. The molecule has 1 amide bonds. The minimum Gasteiger partial charge on any atom is -0.349 e. The molecule has 0 bridgehead atoms. The molecule has 1 N–H and O–H groups in total. The summed E-state index contributed by atoms with van der Waals surface area (Å²) in [5.41, 5.74) is 1.02. The number of carbonyl (C=O) groups excluding carboxylic acids is 1. The molecule has 0 atom stereocenters. The number of rotatable bonds is 6. The van der Waals surface area contributed by atoms with Gasteiger partial charge in [-0.05, 0) is 17.7 Å². The summed E-state index contributed by atoms with van der Waals surface area (Å²) in [6, 6.07) is 6.39. The minimum absolute atomic E-state index is 0.0153. The lowest BCUT2D eigenvalue weighted by atomic mass is 10.2. The topological polar surface area (TPSA) is 59.8 Å². The average molecular weight is 308 g/mol. The van der Waals surface area contributed by atoms with E-state index < -0.39 is 0 Å². The molecule has 0 aliphatic heterocycles. The highest BCUT2D eigenvalue weighted by Crippen LogP contribution is 2.21.